The molecular weight excluding hydrogens is 381 g/mol. The topological polar surface area (TPSA) is 28.2 Å². The molecule has 2 aromatic carbocycles. The van der Waals surface area contributed by atoms with Gasteiger partial charge in [-0.2, -0.15) is 0 Å². The van der Waals surface area contributed by atoms with E-state index in [9.17, 15) is 4.39 Å². The molecule has 30 heavy (non-hydrogen) atoms. The van der Waals surface area contributed by atoms with E-state index in [1.165, 1.54) is 31.7 Å². The Morgan fingerprint density at radius 1 is 0.933 bits per heavy atom. The zero-order valence-electron chi connectivity index (χ0n) is 18.0. The molecule has 0 radical (unpaired) electrons. The summed E-state index contributed by atoms with van der Waals surface area (Å²) in [6, 6.07) is 14.2. The van der Waals surface area contributed by atoms with Crippen molar-refractivity contribution in [2.45, 2.75) is 25.4 Å². The van der Waals surface area contributed by atoms with Gasteiger partial charge >= 0.3 is 0 Å². The van der Waals surface area contributed by atoms with Crippen molar-refractivity contribution < 1.29 is 13.9 Å². The van der Waals surface area contributed by atoms with Gasteiger partial charge in [0.2, 0.25) is 0 Å². The third-order valence-corrected chi connectivity index (χ3v) is 6.37. The van der Waals surface area contributed by atoms with E-state index >= 15 is 0 Å². The number of anilines is 1. The number of methoxy groups -OCH3 is 2. The number of likely N-dealkylation sites (tertiary alicyclic amines) is 1. The summed E-state index contributed by atoms with van der Waals surface area (Å²) in [6.07, 6.45) is 2.47. The summed E-state index contributed by atoms with van der Waals surface area (Å²) in [5, 5.41) is 0. The fourth-order valence-electron chi connectivity index (χ4n) is 4.67. The van der Waals surface area contributed by atoms with Crippen LogP contribution in [0.15, 0.2) is 42.5 Å². The van der Waals surface area contributed by atoms with Crippen LogP contribution in [0.2, 0.25) is 0 Å². The minimum absolute atomic E-state index is 0.299. The van der Waals surface area contributed by atoms with Crippen molar-refractivity contribution in [3.8, 4) is 11.5 Å². The molecule has 2 aliphatic rings. The summed E-state index contributed by atoms with van der Waals surface area (Å²) >= 11 is 0. The summed E-state index contributed by atoms with van der Waals surface area (Å²) in [4.78, 5) is 7.61. The Balaban J connectivity index is 1.30. The van der Waals surface area contributed by atoms with Crippen molar-refractivity contribution in [2.75, 3.05) is 58.4 Å². The Hall–Kier alpha value is -2.31. The lowest BCUT2D eigenvalue weighted by Gasteiger charge is -2.44. The summed E-state index contributed by atoms with van der Waals surface area (Å²) in [6.45, 7) is 7.31. The molecule has 5 nitrogen and oxygen atoms in total. The highest BCUT2D eigenvalue weighted by molar-refractivity contribution is 5.49. The fraction of sp³-hybridized carbons (Fsp3) is 0.500. The molecule has 2 heterocycles. The predicted octanol–water partition coefficient (Wildman–Crippen LogP) is 3.63. The Kier molecular flexibility index (Phi) is 6.75. The second-order valence-electron chi connectivity index (χ2n) is 8.22. The number of nitrogens with zero attached hydrogens (tertiary/aromatic N) is 3. The van der Waals surface area contributed by atoms with Crippen LogP contribution in [-0.4, -0.2) is 69.3 Å². The largest absolute Gasteiger partial charge is 0.497 e. The van der Waals surface area contributed by atoms with E-state index in [0.717, 1.165) is 57.1 Å². The van der Waals surface area contributed by atoms with Crippen LogP contribution >= 0.6 is 0 Å². The minimum atomic E-state index is -0.299. The zero-order chi connectivity index (χ0) is 20.9. The van der Waals surface area contributed by atoms with Crippen LogP contribution in [0.3, 0.4) is 0 Å². The Morgan fingerprint density at radius 3 is 2.40 bits per heavy atom. The van der Waals surface area contributed by atoms with Crippen LogP contribution in [0.1, 0.15) is 18.4 Å². The van der Waals surface area contributed by atoms with Gasteiger partial charge < -0.3 is 14.4 Å². The molecule has 2 saturated heterocycles. The number of ether oxygens (including phenoxy) is 2. The third-order valence-electron chi connectivity index (χ3n) is 6.37. The first-order valence-electron chi connectivity index (χ1n) is 10.8. The molecule has 0 saturated carbocycles. The van der Waals surface area contributed by atoms with Gasteiger partial charge in [-0.05, 0) is 61.3 Å². The molecule has 0 N–H and O–H groups in total. The highest BCUT2D eigenvalue weighted by atomic mass is 19.1. The summed E-state index contributed by atoms with van der Waals surface area (Å²) < 4.78 is 24.1. The van der Waals surface area contributed by atoms with Crippen molar-refractivity contribution in [2.24, 2.45) is 0 Å². The van der Waals surface area contributed by atoms with Gasteiger partial charge in [-0.3, -0.25) is 9.80 Å². The number of halogens is 1. The van der Waals surface area contributed by atoms with Crippen LogP contribution in [0.25, 0.3) is 0 Å². The lowest BCUT2D eigenvalue weighted by atomic mass is 10.0. The molecule has 0 spiro atoms. The van der Waals surface area contributed by atoms with Crippen LogP contribution in [0.5, 0.6) is 11.5 Å². The molecular formula is C24H32FN3O2. The number of hydrogen-bond acceptors (Lipinski definition) is 5. The van der Waals surface area contributed by atoms with Gasteiger partial charge in [0.1, 0.15) is 5.75 Å². The van der Waals surface area contributed by atoms with Gasteiger partial charge in [0.15, 0.2) is 11.6 Å². The highest BCUT2D eigenvalue weighted by Crippen LogP contribution is 2.25. The van der Waals surface area contributed by atoms with E-state index in [-0.39, 0.29) is 5.82 Å². The van der Waals surface area contributed by atoms with Gasteiger partial charge in [0.25, 0.3) is 0 Å². The molecule has 2 aromatic rings. The first kappa shape index (κ1) is 20.9. The maximum atomic E-state index is 13.7. The first-order valence-corrected chi connectivity index (χ1v) is 10.8. The van der Waals surface area contributed by atoms with Gasteiger partial charge in [0.05, 0.1) is 14.2 Å². The van der Waals surface area contributed by atoms with E-state index in [0.29, 0.717) is 11.8 Å². The van der Waals surface area contributed by atoms with Crippen LogP contribution in [0.4, 0.5) is 10.1 Å². The lowest BCUT2D eigenvalue weighted by molar-refractivity contribution is 0.0887. The normalized spacial score (nSPS) is 20.9. The molecule has 2 aliphatic heterocycles. The van der Waals surface area contributed by atoms with Crippen molar-refractivity contribution in [3.63, 3.8) is 0 Å². The minimum Gasteiger partial charge on any atom is -0.497 e. The molecule has 0 unspecified atom stereocenters. The molecule has 0 aliphatic carbocycles. The average Bonchev–Trinajstić information content (AvgIpc) is 2.81. The van der Waals surface area contributed by atoms with E-state index in [4.69, 9.17) is 9.47 Å². The van der Waals surface area contributed by atoms with Gasteiger partial charge in [-0.1, -0.05) is 6.07 Å². The quantitative estimate of drug-likeness (QED) is 0.721. The molecule has 0 bridgehead atoms. The van der Waals surface area contributed by atoms with E-state index in [1.807, 2.05) is 24.3 Å². The van der Waals surface area contributed by atoms with E-state index < -0.39 is 0 Å². The Labute approximate surface area is 179 Å². The SMILES string of the molecule is COc1ccc(N2CCN([C@@H]3CCCN(Cc4ccc(F)c(OC)c4)C3)CC2)cc1. The van der Waals surface area contributed by atoms with Crippen molar-refractivity contribution >= 4 is 5.69 Å². The standard InChI is InChI=1S/C24H32FN3O2/c1-29-22-8-6-20(7-9-22)27-12-14-28(15-13-27)21-4-3-11-26(18-21)17-19-5-10-23(25)24(16-19)30-2/h5-10,16,21H,3-4,11-15,17-18H2,1-2H3/t21-/m1/s1. The molecule has 0 aromatic heterocycles. The second kappa shape index (κ2) is 9.67. The summed E-state index contributed by atoms with van der Waals surface area (Å²) in [7, 11) is 3.22. The van der Waals surface area contributed by atoms with Crippen LogP contribution in [0, 0.1) is 5.82 Å². The fourth-order valence-corrected chi connectivity index (χ4v) is 4.67. The number of piperazine rings is 1. The maximum Gasteiger partial charge on any atom is 0.165 e. The Bertz CT molecular complexity index is 822. The lowest BCUT2D eigenvalue weighted by Crippen LogP contribution is -2.55. The van der Waals surface area contributed by atoms with Gasteiger partial charge in [0, 0.05) is 51.0 Å². The molecule has 6 heteroatoms. The van der Waals surface area contributed by atoms with Crippen LogP contribution in [-0.2, 0) is 6.54 Å². The summed E-state index contributed by atoms with van der Waals surface area (Å²) in [5.74, 6) is 0.932. The number of hydrogen-bond donors (Lipinski definition) is 0. The average molecular weight is 414 g/mol. The molecule has 1 atom stereocenters. The Morgan fingerprint density at radius 2 is 1.70 bits per heavy atom. The van der Waals surface area contributed by atoms with Crippen molar-refractivity contribution in [1.82, 2.24) is 9.80 Å². The second-order valence-corrected chi connectivity index (χ2v) is 8.22. The zero-order valence-corrected chi connectivity index (χ0v) is 18.0. The highest BCUT2D eigenvalue weighted by Gasteiger charge is 2.28. The predicted molar refractivity (Wildman–Crippen MR) is 118 cm³/mol. The third kappa shape index (κ3) is 4.87. The van der Waals surface area contributed by atoms with Gasteiger partial charge in [-0.25, -0.2) is 4.39 Å². The van der Waals surface area contributed by atoms with Crippen molar-refractivity contribution in [3.05, 3.63) is 53.8 Å². The van der Waals surface area contributed by atoms with Crippen LogP contribution < -0.4 is 14.4 Å². The smallest absolute Gasteiger partial charge is 0.165 e. The number of piperidine rings is 1. The maximum absolute atomic E-state index is 13.7. The molecule has 162 valence electrons. The van der Waals surface area contributed by atoms with Crippen molar-refractivity contribution in [1.29, 1.82) is 0 Å². The summed E-state index contributed by atoms with van der Waals surface area (Å²) in [5.41, 5.74) is 2.38. The number of rotatable bonds is 6. The number of benzene rings is 2. The monoisotopic (exact) mass is 413 g/mol. The van der Waals surface area contributed by atoms with E-state index in [2.05, 4.69) is 26.8 Å². The molecule has 0 amide bonds. The van der Waals surface area contributed by atoms with E-state index in [1.54, 1.807) is 7.11 Å². The molecule has 2 fully saturated rings. The first-order chi connectivity index (χ1) is 14.7. The van der Waals surface area contributed by atoms with Gasteiger partial charge in [-0.15, -0.1) is 0 Å². The molecule has 4 rings (SSSR count).